The van der Waals surface area contributed by atoms with E-state index < -0.39 is 11.9 Å². The van der Waals surface area contributed by atoms with Gasteiger partial charge in [-0.2, -0.15) is 0 Å². The van der Waals surface area contributed by atoms with Crippen molar-refractivity contribution in [2.24, 2.45) is 0 Å². The molecule has 126 valence electrons. The highest BCUT2D eigenvalue weighted by atomic mass is 16.5. The topological polar surface area (TPSA) is 52.6 Å². The van der Waals surface area contributed by atoms with Crippen LogP contribution < -0.4 is 9.47 Å². The van der Waals surface area contributed by atoms with Crippen LogP contribution in [0, 0.1) is 6.92 Å². The summed E-state index contributed by atoms with van der Waals surface area (Å²) in [7, 11) is 0. The van der Waals surface area contributed by atoms with E-state index in [4.69, 9.17) is 9.47 Å². The predicted octanol–water partition coefficient (Wildman–Crippen LogP) is 3.99. The van der Waals surface area contributed by atoms with Crippen LogP contribution >= 0.6 is 0 Å². The van der Waals surface area contributed by atoms with E-state index >= 15 is 0 Å². The monoisotopic (exact) mass is 334 g/mol. The molecule has 0 bridgehead atoms. The number of hydrogen-bond acceptors (Lipinski definition) is 4. The van der Waals surface area contributed by atoms with Crippen molar-refractivity contribution in [2.75, 3.05) is 0 Å². The van der Waals surface area contributed by atoms with Gasteiger partial charge in [0.05, 0.1) is 0 Å². The smallest absolute Gasteiger partial charge is 0.335 e. The lowest BCUT2D eigenvalue weighted by atomic mass is 9.90. The minimum Gasteiger partial charge on any atom is -0.422 e. The van der Waals surface area contributed by atoms with Crippen LogP contribution in [0.25, 0.3) is 10.8 Å². The van der Waals surface area contributed by atoms with Gasteiger partial charge in [0.2, 0.25) is 0 Å². The number of carbonyl (C=O) groups is 2. The lowest BCUT2D eigenvalue weighted by molar-refractivity contribution is -0.130. The van der Waals surface area contributed by atoms with Crippen molar-refractivity contribution in [1.82, 2.24) is 0 Å². The van der Waals surface area contributed by atoms with Crippen LogP contribution in [0.15, 0.2) is 55.7 Å². The van der Waals surface area contributed by atoms with Gasteiger partial charge in [-0.1, -0.05) is 43.0 Å². The van der Waals surface area contributed by atoms with Crippen molar-refractivity contribution in [3.8, 4) is 11.5 Å². The number of rotatable bonds is 4. The van der Waals surface area contributed by atoms with E-state index in [1.165, 1.54) is 0 Å². The maximum absolute atomic E-state index is 11.8. The average Bonchev–Trinajstić information content (AvgIpc) is 2.63. The third-order valence-corrected chi connectivity index (χ3v) is 4.13. The molecule has 1 aliphatic rings. The van der Waals surface area contributed by atoms with Crippen LogP contribution in [-0.2, 0) is 22.4 Å². The van der Waals surface area contributed by atoms with Crippen LogP contribution in [0.4, 0.5) is 0 Å². The summed E-state index contributed by atoms with van der Waals surface area (Å²) in [5.41, 5.74) is 2.71. The minimum absolute atomic E-state index is 0.498. The summed E-state index contributed by atoms with van der Waals surface area (Å²) in [6, 6.07) is 5.73. The third kappa shape index (κ3) is 3.11. The van der Waals surface area contributed by atoms with Gasteiger partial charge in [-0.3, -0.25) is 0 Å². The fourth-order valence-electron chi connectivity index (χ4n) is 2.99. The molecule has 4 heteroatoms. The molecule has 4 nitrogen and oxygen atoms in total. The van der Waals surface area contributed by atoms with Gasteiger partial charge in [0.1, 0.15) is 11.5 Å². The summed E-state index contributed by atoms with van der Waals surface area (Å²) in [6.45, 7) is 8.88. The Bertz CT molecular complexity index is 935. The highest BCUT2D eigenvalue weighted by Gasteiger charge is 2.24. The van der Waals surface area contributed by atoms with E-state index in [9.17, 15) is 9.59 Å². The fraction of sp³-hybridized carbons (Fsp3) is 0.143. The van der Waals surface area contributed by atoms with Gasteiger partial charge in [0, 0.05) is 34.1 Å². The number of carbonyl (C=O) groups excluding carboxylic acids is 2. The zero-order valence-corrected chi connectivity index (χ0v) is 14.0. The number of esters is 2. The van der Waals surface area contributed by atoms with Gasteiger partial charge >= 0.3 is 11.9 Å². The standard InChI is InChI=1S/C21H18O4/c1-4-18(22)24-20-14-8-6-7-9-15(14)21(25-19(23)5-2)17-12-13(3)10-11-16(17)20/h4-7,10-12H,1-2,8-9H2,3H3. The normalized spacial score (nSPS) is 12.4. The molecule has 0 N–H and O–H groups in total. The number of ether oxygens (including phenoxy) is 2. The molecule has 0 amide bonds. The second-order valence-corrected chi connectivity index (χ2v) is 5.79. The van der Waals surface area contributed by atoms with Crippen LogP contribution in [0.3, 0.4) is 0 Å². The molecule has 0 spiro atoms. The Morgan fingerprint density at radius 2 is 1.44 bits per heavy atom. The number of benzene rings is 2. The fourth-order valence-corrected chi connectivity index (χ4v) is 2.99. The Morgan fingerprint density at radius 1 is 0.920 bits per heavy atom. The molecular formula is C21H18O4. The van der Waals surface area contributed by atoms with Crippen molar-refractivity contribution < 1.29 is 19.1 Å². The zero-order valence-electron chi connectivity index (χ0n) is 14.0. The minimum atomic E-state index is -0.519. The van der Waals surface area contributed by atoms with E-state index in [0.29, 0.717) is 24.3 Å². The summed E-state index contributed by atoms with van der Waals surface area (Å²) in [6.07, 6.45) is 7.48. The zero-order chi connectivity index (χ0) is 18.0. The second-order valence-electron chi connectivity index (χ2n) is 5.79. The third-order valence-electron chi connectivity index (χ3n) is 4.13. The first-order valence-corrected chi connectivity index (χ1v) is 7.96. The van der Waals surface area contributed by atoms with Gasteiger partial charge in [0.15, 0.2) is 0 Å². The number of allylic oxidation sites excluding steroid dienone is 2. The van der Waals surface area contributed by atoms with Crippen LogP contribution in [0.2, 0.25) is 0 Å². The highest BCUT2D eigenvalue weighted by molar-refractivity contribution is 6.00. The van der Waals surface area contributed by atoms with E-state index in [1.54, 1.807) is 0 Å². The SMILES string of the molecule is C=CC(=O)Oc1c2c(c(OC(=O)C=C)c3cc(C)ccc13)CC=CC2. The van der Waals surface area contributed by atoms with Crippen molar-refractivity contribution >= 4 is 22.7 Å². The Labute approximate surface area is 146 Å². The first-order valence-electron chi connectivity index (χ1n) is 7.96. The Hall–Kier alpha value is -3.14. The lowest BCUT2D eigenvalue weighted by Gasteiger charge is -2.22. The van der Waals surface area contributed by atoms with Gasteiger partial charge in [0.25, 0.3) is 0 Å². The van der Waals surface area contributed by atoms with E-state index in [2.05, 4.69) is 13.2 Å². The Kier molecular flexibility index (Phi) is 4.52. The molecule has 3 rings (SSSR count). The quantitative estimate of drug-likeness (QED) is 0.367. The Morgan fingerprint density at radius 3 is 1.96 bits per heavy atom. The predicted molar refractivity (Wildman–Crippen MR) is 96.9 cm³/mol. The Balaban J connectivity index is 2.35. The number of fused-ring (bicyclic) bond motifs is 2. The van der Waals surface area contributed by atoms with Crippen molar-refractivity contribution in [2.45, 2.75) is 19.8 Å². The first kappa shape index (κ1) is 16.7. The van der Waals surface area contributed by atoms with Crippen LogP contribution in [0.1, 0.15) is 16.7 Å². The summed E-state index contributed by atoms with van der Waals surface area (Å²) >= 11 is 0. The largest absolute Gasteiger partial charge is 0.422 e. The maximum atomic E-state index is 11.8. The average molecular weight is 334 g/mol. The van der Waals surface area contributed by atoms with Gasteiger partial charge in [-0.25, -0.2) is 9.59 Å². The maximum Gasteiger partial charge on any atom is 0.335 e. The molecule has 0 heterocycles. The summed E-state index contributed by atoms with van der Waals surface area (Å²) < 4.78 is 11.1. The molecule has 2 aromatic rings. The molecular weight excluding hydrogens is 316 g/mol. The molecule has 0 fully saturated rings. The number of hydrogen-bond donors (Lipinski definition) is 0. The van der Waals surface area contributed by atoms with E-state index in [1.807, 2.05) is 37.3 Å². The molecule has 2 aromatic carbocycles. The summed E-state index contributed by atoms with van der Waals surface area (Å²) in [4.78, 5) is 23.7. The molecule has 0 radical (unpaired) electrons. The molecule has 1 aliphatic carbocycles. The molecule has 0 aliphatic heterocycles. The molecule has 0 saturated carbocycles. The van der Waals surface area contributed by atoms with Crippen molar-refractivity contribution in [3.05, 3.63) is 72.4 Å². The highest BCUT2D eigenvalue weighted by Crippen LogP contribution is 2.43. The molecule has 0 aromatic heterocycles. The van der Waals surface area contributed by atoms with Crippen LogP contribution in [0.5, 0.6) is 11.5 Å². The van der Waals surface area contributed by atoms with Gasteiger partial charge < -0.3 is 9.47 Å². The molecule has 0 unspecified atom stereocenters. The first-order chi connectivity index (χ1) is 12.0. The lowest BCUT2D eigenvalue weighted by Crippen LogP contribution is -2.13. The van der Waals surface area contributed by atoms with Gasteiger partial charge in [-0.05, 0) is 25.8 Å². The van der Waals surface area contributed by atoms with E-state index in [0.717, 1.165) is 39.6 Å². The summed E-state index contributed by atoms with van der Waals surface area (Å²) in [5.74, 6) is -0.0381. The summed E-state index contributed by atoms with van der Waals surface area (Å²) in [5, 5.41) is 1.46. The van der Waals surface area contributed by atoms with E-state index in [-0.39, 0.29) is 0 Å². The number of aryl methyl sites for hydroxylation is 1. The molecule has 25 heavy (non-hydrogen) atoms. The molecule has 0 atom stereocenters. The van der Waals surface area contributed by atoms with Crippen molar-refractivity contribution in [3.63, 3.8) is 0 Å². The molecule has 0 saturated heterocycles. The van der Waals surface area contributed by atoms with Gasteiger partial charge in [-0.15, -0.1) is 0 Å². The van der Waals surface area contributed by atoms with Crippen molar-refractivity contribution in [1.29, 1.82) is 0 Å². The van der Waals surface area contributed by atoms with Crippen LogP contribution in [-0.4, -0.2) is 11.9 Å². The second kappa shape index (κ2) is 6.77.